The summed E-state index contributed by atoms with van der Waals surface area (Å²) >= 11 is 0. The van der Waals surface area contributed by atoms with Crippen LogP contribution in [0.1, 0.15) is 42.4 Å². The smallest absolute Gasteiger partial charge is 0.322 e. The van der Waals surface area contributed by atoms with Crippen molar-refractivity contribution in [1.29, 1.82) is 0 Å². The van der Waals surface area contributed by atoms with Crippen molar-refractivity contribution in [3.63, 3.8) is 0 Å². The van der Waals surface area contributed by atoms with Crippen LogP contribution >= 0.6 is 0 Å². The van der Waals surface area contributed by atoms with Crippen molar-refractivity contribution in [2.45, 2.75) is 32.4 Å². The molecule has 146 valence electrons. The topological polar surface area (TPSA) is 72.7 Å². The Kier molecular flexibility index (Phi) is 4.93. The summed E-state index contributed by atoms with van der Waals surface area (Å²) in [5, 5.41) is 6.15. The van der Waals surface area contributed by atoms with Gasteiger partial charge in [0.05, 0.1) is 11.8 Å². The average molecular weight is 389 g/mol. The van der Waals surface area contributed by atoms with Gasteiger partial charge in [-0.3, -0.25) is 4.79 Å². The Labute approximate surface area is 159 Å². The molecule has 0 spiro atoms. The molecular weight excluding hydrogens is 371 g/mol. The largest absolute Gasteiger partial charge is 0.434 e. The number of hydrogen-bond acceptors (Lipinski definition) is 4. The highest BCUT2D eigenvalue weighted by molar-refractivity contribution is 6.05. The van der Waals surface area contributed by atoms with Crippen molar-refractivity contribution in [3.05, 3.63) is 65.7 Å². The lowest BCUT2D eigenvalue weighted by Gasteiger charge is -2.19. The average Bonchev–Trinajstić information content (AvgIpc) is 3.08. The zero-order valence-corrected chi connectivity index (χ0v) is 15.4. The van der Waals surface area contributed by atoms with E-state index in [1.165, 1.54) is 18.5 Å². The monoisotopic (exact) mass is 389 g/mol. The van der Waals surface area contributed by atoms with E-state index in [2.05, 4.69) is 20.4 Å². The molecule has 0 radical (unpaired) electrons. The molecule has 0 fully saturated rings. The van der Waals surface area contributed by atoms with Gasteiger partial charge in [0, 0.05) is 18.1 Å². The van der Waals surface area contributed by atoms with Crippen LogP contribution in [0.3, 0.4) is 0 Å². The number of alkyl halides is 3. The Morgan fingerprint density at radius 2 is 1.64 bits per heavy atom. The fourth-order valence-electron chi connectivity index (χ4n) is 2.59. The maximum Gasteiger partial charge on any atom is 0.434 e. The molecule has 1 aromatic carbocycles. The number of carbonyl (C=O) groups excluding carboxylic acids is 1. The minimum atomic E-state index is -4.82. The van der Waals surface area contributed by atoms with Gasteiger partial charge in [-0.15, -0.1) is 0 Å². The van der Waals surface area contributed by atoms with Gasteiger partial charge in [-0.05, 0) is 29.2 Å². The van der Waals surface area contributed by atoms with E-state index in [1.807, 2.05) is 32.9 Å². The Balaban J connectivity index is 1.93. The van der Waals surface area contributed by atoms with E-state index in [9.17, 15) is 18.0 Å². The molecule has 0 aliphatic rings. The van der Waals surface area contributed by atoms with Crippen molar-refractivity contribution in [3.8, 4) is 5.95 Å². The number of amides is 1. The van der Waals surface area contributed by atoms with Crippen molar-refractivity contribution >= 4 is 11.6 Å². The van der Waals surface area contributed by atoms with Crippen LogP contribution in [0.15, 0.2) is 48.9 Å². The lowest BCUT2D eigenvalue weighted by molar-refractivity contribution is -0.143. The SMILES string of the molecule is CC(C)(C)c1ccc(NC(=O)c2cnn(-c3ncccn3)c2C(F)(F)F)cc1. The molecule has 0 saturated carbocycles. The van der Waals surface area contributed by atoms with Crippen LogP contribution < -0.4 is 5.32 Å². The molecule has 0 aliphatic carbocycles. The predicted molar refractivity (Wildman–Crippen MR) is 97.3 cm³/mol. The van der Waals surface area contributed by atoms with Crippen LogP contribution in [-0.2, 0) is 11.6 Å². The van der Waals surface area contributed by atoms with Gasteiger partial charge >= 0.3 is 6.18 Å². The number of anilines is 1. The third kappa shape index (κ3) is 4.03. The second-order valence-corrected chi connectivity index (χ2v) is 7.15. The minimum absolute atomic E-state index is 0.0805. The fraction of sp³-hybridized carbons (Fsp3) is 0.263. The highest BCUT2D eigenvalue weighted by atomic mass is 19.4. The molecule has 0 bridgehead atoms. The first-order chi connectivity index (χ1) is 13.1. The minimum Gasteiger partial charge on any atom is -0.322 e. The van der Waals surface area contributed by atoms with Crippen molar-refractivity contribution < 1.29 is 18.0 Å². The van der Waals surface area contributed by atoms with E-state index < -0.39 is 23.3 Å². The molecule has 9 heteroatoms. The van der Waals surface area contributed by atoms with Crippen LogP contribution in [0, 0.1) is 0 Å². The molecule has 0 aliphatic heterocycles. The standard InChI is InChI=1S/C19H18F3N5O/c1-18(2,3)12-5-7-13(8-6-12)26-16(28)14-11-25-27(15(14)19(20,21)22)17-23-9-4-10-24-17/h4-11H,1-3H3,(H,26,28). The maximum atomic E-state index is 13.6. The molecule has 1 N–H and O–H groups in total. The summed E-state index contributed by atoms with van der Waals surface area (Å²) in [6.45, 7) is 6.11. The van der Waals surface area contributed by atoms with Gasteiger partial charge in [-0.2, -0.15) is 23.0 Å². The molecule has 0 saturated heterocycles. The van der Waals surface area contributed by atoms with Gasteiger partial charge in [-0.25, -0.2) is 9.97 Å². The highest BCUT2D eigenvalue weighted by Crippen LogP contribution is 2.33. The number of nitrogens with one attached hydrogen (secondary N) is 1. The Bertz CT molecular complexity index is 974. The second-order valence-electron chi connectivity index (χ2n) is 7.15. The number of halogens is 3. The lowest BCUT2D eigenvalue weighted by atomic mass is 9.87. The third-order valence-corrected chi connectivity index (χ3v) is 4.03. The van der Waals surface area contributed by atoms with Gasteiger partial charge in [0.2, 0.25) is 0 Å². The summed E-state index contributed by atoms with van der Waals surface area (Å²) in [6, 6.07) is 8.41. The normalized spacial score (nSPS) is 12.1. The summed E-state index contributed by atoms with van der Waals surface area (Å²) in [5.74, 6) is -1.19. The summed E-state index contributed by atoms with van der Waals surface area (Å²) in [4.78, 5) is 20.0. The molecule has 0 atom stereocenters. The number of rotatable bonds is 3. The summed E-state index contributed by atoms with van der Waals surface area (Å²) < 4.78 is 41.4. The van der Waals surface area contributed by atoms with E-state index in [1.54, 1.807) is 12.1 Å². The quantitative estimate of drug-likeness (QED) is 0.728. The lowest BCUT2D eigenvalue weighted by Crippen LogP contribution is -2.21. The summed E-state index contributed by atoms with van der Waals surface area (Å²) in [7, 11) is 0. The molecule has 2 aromatic heterocycles. The van der Waals surface area contributed by atoms with Gasteiger partial charge in [0.1, 0.15) is 0 Å². The number of aromatic nitrogens is 4. The summed E-state index contributed by atoms with van der Waals surface area (Å²) in [5.41, 5.74) is -0.504. The zero-order valence-electron chi connectivity index (χ0n) is 15.4. The molecule has 28 heavy (non-hydrogen) atoms. The first-order valence-electron chi connectivity index (χ1n) is 8.42. The molecule has 6 nitrogen and oxygen atoms in total. The molecular formula is C19H18F3N5O. The molecule has 2 heterocycles. The fourth-order valence-corrected chi connectivity index (χ4v) is 2.59. The first kappa shape index (κ1) is 19.5. The van der Waals surface area contributed by atoms with E-state index in [4.69, 9.17) is 0 Å². The Morgan fingerprint density at radius 3 is 2.18 bits per heavy atom. The number of nitrogens with zero attached hydrogens (tertiary/aromatic N) is 4. The summed E-state index contributed by atoms with van der Waals surface area (Å²) in [6.07, 6.45) is -1.38. The van der Waals surface area contributed by atoms with Gasteiger partial charge in [0.25, 0.3) is 11.9 Å². The molecule has 3 rings (SSSR count). The van der Waals surface area contributed by atoms with Crippen LogP contribution in [0.4, 0.5) is 18.9 Å². The van der Waals surface area contributed by atoms with E-state index in [-0.39, 0.29) is 11.4 Å². The van der Waals surface area contributed by atoms with Crippen LogP contribution in [0.25, 0.3) is 5.95 Å². The highest BCUT2D eigenvalue weighted by Gasteiger charge is 2.41. The Hall–Kier alpha value is -3.23. The maximum absolute atomic E-state index is 13.6. The van der Waals surface area contributed by atoms with Gasteiger partial charge < -0.3 is 5.32 Å². The van der Waals surface area contributed by atoms with Crippen LogP contribution in [-0.4, -0.2) is 25.7 Å². The zero-order chi connectivity index (χ0) is 20.5. The van der Waals surface area contributed by atoms with Crippen molar-refractivity contribution in [2.24, 2.45) is 0 Å². The molecule has 1 amide bonds. The number of benzene rings is 1. The van der Waals surface area contributed by atoms with E-state index >= 15 is 0 Å². The second kappa shape index (κ2) is 7.06. The van der Waals surface area contributed by atoms with Crippen molar-refractivity contribution in [1.82, 2.24) is 19.7 Å². The third-order valence-electron chi connectivity index (χ3n) is 4.03. The van der Waals surface area contributed by atoms with Gasteiger partial charge in [0.15, 0.2) is 5.69 Å². The Morgan fingerprint density at radius 1 is 1.04 bits per heavy atom. The van der Waals surface area contributed by atoms with E-state index in [0.717, 1.165) is 11.8 Å². The first-order valence-corrected chi connectivity index (χ1v) is 8.42. The van der Waals surface area contributed by atoms with Crippen molar-refractivity contribution in [2.75, 3.05) is 5.32 Å². The van der Waals surface area contributed by atoms with Crippen LogP contribution in [0.5, 0.6) is 0 Å². The molecule has 3 aromatic rings. The number of hydrogen-bond donors (Lipinski definition) is 1. The van der Waals surface area contributed by atoms with E-state index in [0.29, 0.717) is 10.4 Å². The number of carbonyl (C=O) groups is 1. The van der Waals surface area contributed by atoms with Gasteiger partial charge in [-0.1, -0.05) is 32.9 Å². The predicted octanol–water partition coefficient (Wildman–Crippen LogP) is 4.23. The molecule has 0 unspecified atom stereocenters. The van der Waals surface area contributed by atoms with Crippen LogP contribution in [0.2, 0.25) is 0 Å².